The van der Waals surface area contributed by atoms with E-state index in [4.69, 9.17) is 5.26 Å². The monoisotopic (exact) mass is 220 g/mol. The number of halogens is 1. The fourth-order valence-electron chi connectivity index (χ4n) is 1.41. The highest BCUT2D eigenvalue weighted by molar-refractivity contribution is 5.49. The second-order valence-corrected chi connectivity index (χ2v) is 4.38. The number of rotatable bonds is 4. The van der Waals surface area contributed by atoms with E-state index in [0.29, 0.717) is 5.92 Å². The van der Waals surface area contributed by atoms with Crippen molar-refractivity contribution in [2.24, 2.45) is 5.92 Å². The number of hydrogen-bond acceptors (Lipinski definition) is 2. The molecule has 1 rings (SSSR count). The molecule has 0 unspecified atom stereocenters. The van der Waals surface area contributed by atoms with E-state index in [1.54, 1.807) is 6.07 Å². The zero-order chi connectivity index (χ0) is 12.1. The van der Waals surface area contributed by atoms with Crippen LogP contribution in [0.1, 0.15) is 25.8 Å². The van der Waals surface area contributed by atoms with Gasteiger partial charge < -0.3 is 4.90 Å². The lowest BCUT2D eigenvalue weighted by molar-refractivity contribution is 0.583. The maximum atomic E-state index is 13.4. The van der Waals surface area contributed by atoms with Gasteiger partial charge in [-0.2, -0.15) is 5.26 Å². The standard InChI is InChI=1S/C13H17FN2/c1-10(2)6-7-16(3)12-5-4-11(9-15)13(14)8-12/h4-5,8,10H,6-7H2,1-3H3. The van der Waals surface area contributed by atoms with Crippen molar-refractivity contribution in [3.05, 3.63) is 29.6 Å². The van der Waals surface area contributed by atoms with E-state index >= 15 is 0 Å². The van der Waals surface area contributed by atoms with E-state index in [-0.39, 0.29) is 5.56 Å². The normalized spacial score (nSPS) is 10.2. The van der Waals surface area contributed by atoms with Gasteiger partial charge in [0, 0.05) is 19.3 Å². The molecule has 0 aliphatic heterocycles. The summed E-state index contributed by atoms with van der Waals surface area (Å²) < 4.78 is 13.4. The van der Waals surface area contributed by atoms with Crippen molar-refractivity contribution in [2.75, 3.05) is 18.5 Å². The Hall–Kier alpha value is -1.56. The van der Waals surface area contributed by atoms with Crippen LogP contribution < -0.4 is 4.90 Å². The Morgan fingerprint density at radius 3 is 2.62 bits per heavy atom. The molecular formula is C13H17FN2. The van der Waals surface area contributed by atoms with Crippen molar-refractivity contribution in [3.8, 4) is 6.07 Å². The van der Waals surface area contributed by atoms with Crippen LogP contribution in [0.15, 0.2) is 18.2 Å². The summed E-state index contributed by atoms with van der Waals surface area (Å²) in [5.41, 5.74) is 0.915. The van der Waals surface area contributed by atoms with Crippen molar-refractivity contribution in [1.29, 1.82) is 5.26 Å². The van der Waals surface area contributed by atoms with Crippen molar-refractivity contribution in [3.63, 3.8) is 0 Å². The number of benzene rings is 1. The first-order valence-corrected chi connectivity index (χ1v) is 5.45. The van der Waals surface area contributed by atoms with E-state index in [1.165, 1.54) is 12.1 Å². The molecule has 16 heavy (non-hydrogen) atoms. The van der Waals surface area contributed by atoms with E-state index in [1.807, 2.05) is 18.0 Å². The molecule has 1 aromatic rings. The minimum absolute atomic E-state index is 0.0982. The molecule has 0 saturated heterocycles. The SMILES string of the molecule is CC(C)CCN(C)c1ccc(C#N)c(F)c1. The van der Waals surface area contributed by atoms with E-state index in [9.17, 15) is 4.39 Å². The summed E-state index contributed by atoms with van der Waals surface area (Å²) in [6.07, 6.45) is 1.07. The molecule has 3 heteroatoms. The second kappa shape index (κ2) is 5.50. The van der Waals surface area contributed by atoms with Crippen LogP contribution in [0.4, 0.5) is 10.1 Å². The molecular weight excluding hydrogens is 203 g/mol. The Bertz CT molecular complexity index is 393. The van der Waals surface area contributed by atoms with E-state index in [0.717, 1.165) is 18.7 Å². The molecule has 0 radical (unpaired) electrons. The Morgan fingerprint density at radius 1 is 1.44 bits per heavy atom. The van der Waals surface area contributed by atoms with Gasteiger partial charge in [-0.25, -0.2) is 4.39 Å². The highest BCUT2D eigenvalue weighted by Gasteiger charge is 2.06. The molecule has 0 spiro atoms. The van der Waals surface area contributed by atoms with Crippen LogP contribution in [-0.2, 0) is 0 Å². The van der Waals surface area contributed by atoms with Gasteiger partial charge in [-0.15, -0.1) is 0 Å². The van der Waals surface area contributed by atoms with Gasteiger partial charge in [-0.3, -0.25) is 0 Å². The first kappa shape index (κ1) is 12.5. The zero-order valence-electron chi connectivity index (χ0n) is 10.00. The summed E-state index contributed by atoms with van der Waals surface area (Å²) in [6.45, 7) is 5.21. The summed E-state index contributed by atoms with van der Waals surface area (Å²) in [5, 5.41) is 8.62. The zero-order valence-corrected chi connectivity index (χ0v) is 10.00. The molecule has 0 fully saturated rings. The molecule has 0 aromatic heterocycles. The predicted molar refractivity (Wildman–Crippen MR) is 63.8 cm³/mol. The third-order valence-electron chi connectivity index (χ3n) is 2.56. The number of hydrogen-bond donors (Lipinski definition) is 0. The first-order chi connectivity index (χ1) is 7.54. The lowest BCUT2D eigenvalue weighted by Gasteiger charge is -2.20. The highest BCUT2D eigenvalue weighted by atomic mass is 19.1. The van der Waals surface area contributed by atoms with Crippen LogP contribution in [0.25, 0.3) is 0 Å². The maximum Gasteiger partial charge on any atom is 0.143 e. The molecule has 0 aliphatic carbocycles. The fraction of sp³-hybridized carbons (Fsp3) is 0.462. The van der Waals surface area contributed by atoms with E-state index < -0.39 is 5.82 Å². The lowest BCUT2D eigenvalue weighted by Crippen LogP contribution is -2.20. The molecule has 1 aromatic carbocycles. The average Bonchev–Trinajstić information content (AvgIpc) is 2.25. The maximum absolute atomic E-state index is 13.4. The molecule has 0 saturated carbocycles. The van der Waals surface area contributed by atoms with Gasteiger partial charge in [-0.1, -0.05) is 13.8 Å². The van der Waals surface area contributed by atoms with Crippen LogP contribution in [0, 0.1) is 23.1 Å². The Kier molecular flexibility index (Phi) is 4.30. The van der Waals surface area contributed by atoms with Crippen LogP contribution in [-0.4, -0.2) is 13.6 Å². The highest BCUT2D eigenvalue weighted by Crippen LogP contribution is 2.18. The van der Waals surface area contributed by atoms with E-state index in [2.05, 4.69) is 13.8 Å². The van der Waals surface area contributed by atoms with Gasteiger partial charge in [0.15, 0.2) is 0 Å². The van der Waals surface area contributed by atoms with Gasteiger partial charge in [-0.05, 0) is 30.5 Å². The van der Waals surface area contributed by atoms with Crippen molar-refractivity contribution in [2.45, 2.75) is 20.3 Å². The largest absolute Gasteiger partial charge is 0.375 e. The van der Waals surface area contributed by atoms with Crippen molar-refractivity contribution in [1.82, 2.24) is 0 Å². The van der Waals surface area contributed by atoms with Crippen molar-refractivity contribution < 1.29 is 4.39 Å². The second-order valence-electron chi connectivity index (χ2n) is 4.38. The van der Waals surface area contributed by atoms with Crippen LogP contribution in [0.5, 0.6) is 0 Å². The number of anilines is 1. The predicted octanol–water partition coefficient (Wildman–Crippen LogP) is 3.18. The van der Waals surface area contributed by atoms with Gasteiger partial charge in [0.25, 0.3) is 0 Å². The van der Waals surface area contributed by atoms with Crippen LogP contribution >= 0.6 is 0 Å². The molecule has 0 bridgehead atoms. The number of nitrogens with zero attached hydrogens (tertiary/aromatic N) is 2. The molecule has 2 nitrogen and oxygen atoms in total. The molecule has 0 aliphatic rings. The average molecular weight is 220 g/mol. The summed E-state index contributed by atoms with van der Waals surface area (Å²) in [7, 11) is 1.93. The smallest absolute Gasteiger partial charge is 0.143 e. The minimum Gasteiger partial charge on any atom is -0.375 e. The summed E-state index contributed by atoms with van der Waals surface area (Å²) in [6, 6.07) is 6.54. The molecule has 86 valence electrons. The first-order valence-electron chi connectivity index (χ1n) is 5.45. The van der Waals surface area contributed by atoms with Gasteiger partial charge >= 0.3 is 0 Å². The van der Waals surface area contributed by atoms with Crippen molar-refractivity contribution >= 4 is 5.69 Å². The molecule has 0 amide bonds. The Labute approximate surface area is 96.3 Å². The Balaban J connectivity index is 2.74. The summed E-state index contributed by atoms with van der Waals surface area (Å²) in [5.74, 6) is 0.182. The van der Waals surface area contributed by atoms with Gasteiger partial charge in [0.05, 0.1) is 5.56 Å². The quantitative estimate of drug-likeness (QED) is 0.779. The number of nitriles is 1. The Morgan fingerprint density at radius 2 is 2.12 bits per heavy atom. The fourth-order valence-corrected chi connectivity index (χ4v) is 1.41. The van der Waals surface area contributed by atoms with Gasteiger partial charge in [0.1, 0.15) is 11.9 Å². The topological polar surface area (TPSA) is 27.0 Å². The minimum atomic E-state index is -0.448. The van der Waals surface area contributed by atoms with Crippen LogP contribution in [0.3, 0.4) is 0 Å². The molecule has 0 heterocycles. The lowest BCUT2D eigenvalue weighted by atomic mass is 10.1. The summed E-state index contributed by atoms with van der Waals surface area (Å²) in [4.78, 5) is 2.00. The third-order valence-corrected chi connectivity index (χ3v) is 2.56. The van der Waals surface area contributed by atoms with Crippen LogP contribution in [0.2, 0.25) is 0 Å². The third kappa shape index (κ3) is 3.23. The summed E-state index contributed by atoms with van der Waals surface area (Å²) >= 11 is 0. The van der Waals surface area contributed by atoms with Gasteiger partial charge in [0.2, 0.25) is 0 Å². The molecule has 0 atom stereocenters. The molecule has 0 N–H and O–H groups in total.